The number of hydrogen-bond donors (Lipinski definition) is 0. The molecule has 3 heterocycles. The Labute approximate surface area is 98.8 Å². The highest BCUT2D eigenvalue weighted by Crippen LogP contribution is 2.28. The average Bonchev–Trinajstić information content (AvgIpc) is 2.86. The monoisotopic (exact) mass is 221 g/mol. The maximum absolute atomic E-state index is 5.48. The molecule has 0 radical (unpaired) electrons. The third-order valence-electron chi connectivity index (χ3n) is 3.37. The molecule has 0 saturated heterocycles. The van der Waals surface area contributed by atoms with Gasteiger partial charge >= 0.3 is 0 Å². The second-order valence-corrected chi connectivity index (χ2v) is 4.31. The number of fused-ring (bicyclic) bond motifs is 4. The van der Waals surface area contributed by atoms with Crippen LogP contribution in [0.5, 0.6) is 0 Å². The number of benzene rings is 1. The van der Waals surface area contributed by atoms with Gasteiger partial charge in [0.1, 0.15) is 5.76 Å². The summed E-state index contributed by atoms with van der Waals surface area (Å²) in [5, 5.41) is 2.59. The van der Waals surface area contributed by atoms with E-state index in [1.807, 2.05) is 12.1 Å². The van der Waals surface area contributed by atoms with Crippen molar-refractivity contribution in [3.8, 4) is 0 Å². The van der Waals surface area contributed by atoms with Crippen molar-refractivity contribution in [2.75, 3.05) is 6.54 Å². The standard InChI is InChI=1S/C15H11NO/c1-2-4-12-11(3-1)5-8-16-9-6-14-13(15(12)16)7-10-17-14/h1-7,9-10H,8H2. The van der Waals surface area contributed by atoms with Crippen molar-refractivity contribution >= 4 is 17.8 Å². The smallest absolute Gasteiger partial charge is 0.137 e. The summed E-state index contributed by atoms with van der Waals surface area (Å²) in [5.74, 6) is 0.952. The van der Waals surface area contributed by atoms with Gasteiger partial charge in [0.05, 0.1) is 12.0 Å². The minimum Gasteiger partial charge on any atom is -0.464 e. The Hall–Kier alpha value is -2.22. The number of hydrogen-bond acceptors (Lipinski definition) is 2. The van der Waals surface area contributed by atoms with Crippen LogP contribution < -0.4 is 10.4 Å². The van der Waals surface area contributed by atoms with E-state index in [1.54, 1.807) is 6.26 Å². The fraction of sp³-hybridized carbons (Fsp3) is 0.0667. The summed E-state index contributed by atoms with van der Waals surface area (Å²) in [5.41, 5.74) is 2.45. The van der Waals surface area contributed by atoms with E-state index in [-0.39, 0.29) is 0 Å². The third-order valence-corrected chi connectivity index (χ3v) is 3.37. The van der Waals surface area contributed by atoms with Gasteiger partial charge in [0.15, 0.2) is 0 Å². The van der Waals surface area contributed by atoms with Gasteiger partial charge in [0, 0.05) is 23.5 Å². The maximum atomic E-state index is 5.48. The van der Waals surface area contributed by atoms with E-state index in [0.29, 0.717) is 0 Å². The van der Waals surface area contributed by atoms with Crippen molar-refractivity contribution in [3.05, 3.63) is 64.6 Å². The molecular formula is C15H11NO. The molecule has 2 aliphatic heterocycles. The number of furan rings is 1. The molecule has 82 valence electrons. The summed E-state index contributed by atoms with van der Waals surface area (Å²) in [4.78, 5) is 2.26. The van der Waals surface area contributed by atoms with Gasteiger partial charge in [-0.2, -0.15) is 0 Å². The molecule has 1 aromatic carbocycles. The van der Waals surface area contributed by atoms with Crippen molar-refractivity contribution < 1.29 is 4.42 Å². The second kappa shape index (κ2) is 3.14. The minimum atomic E-state index is 0.924. The summed E-state index contributed by atoms with van der Waals surface area (Å²) < 4.78 is 5.48. The molecule has 2 heteroatoms. The zero-order valence-electron chi connectivity index (χ0n) is 9.26. The fourth-order valence-electron chi connectivity index (χ4n) is 2.57. The van der Waals surface area contributed by atoms with Gasteiger partial charge in [-0.05, 0) is 17.4 Å². The van der Waals surface area contributed by atoms with Crippen LogP contribution in [0.3, 0.4) is 0 Å². The molecule has 0 atom stereocenters. The summed E-state index contributed by atoms with van der Waals surface area (Å²) >= 11 is 0. The van der Waals surface area contributed by atoms with Crippen LogP contribution in [0, 0.1) is 0 Å². The summed E-state index contributed by atoms with van der Waals surface area (Å²) in [6.45, 7) is 0.924. The van der Waals surface area contributed by atoms with Crippen LogP contribution in [-0.4, -0.2) is 11.4 Å². The highest BCUT2D eigenvalue weighted by Gasteiger charge is 2.21. The van der Waals surface area contributed by atoms with E-state index in [0.717, 1.165) is 12.3 Å². The molecule has 2 nitrogen and oxygen atoms in total. The summed E-state index contributed by atoms with van der Waals surface area (Å²) in [7, 11) is 0. The lowest BCUT2D eigenvalue weighted by atomic mass is 10.0. The Kier molecular flexibility index (Phi) is 1.64. The third kappa shape index (κ3) is 1.15. The van der Waals surface area contributed by atoms with Gasteiger partial charge in [-0.3, -0.25) is 0 Å². The molecule has 0 unspecified atom stereocenters. The Morgan fingerprint density at radius 1 is 1.12 bits per heavy atom. The van der Waals surface area contributed by atoms with Gasteiger partial charge in [0.25, 0.3) is 0 Å². The molecule has 2 aromatic rings. The van der Waals surface area contributed by atoms with E-state index in [2.05, 4.69) is 41.4 Å². The highest BCUT2D eigenvalue weighted by molar-refractivity contribution is 5.76. The van der Waals surface area contributed by atoms with Gasteiger partial charge in [-0.1, -0.05) is 30.3 Å². The normalized spacial score (nSPS) is 16.0. The average molecular weight is 221 g/mol. The predicted octanol–water partition coefficient (Wildman–Crippen LogP) is 1.52. The summed E-state index contributed by atoms with van der Waals surface area (Å²) in [6, 6.07) is 10.5. The first-order chi connectivity index (χ1) is 8.43. The lowest BCUT2D eigenvalue weighted by molar-refractivity contribution is 0.539. The van der Waals surface area contributed by atoms with Gasteiger partial charge in [-0.25, -0.2) is 0 Å². The SMILES string of the molecule is C1=CN2CC=c3ccccc3=C2c2ccoc21. The molecular weight excluding hydrogens is 210 g/mol. The van der Waals surface area contributed by atoms with Crippen LogP contribution in [-0.2, 0) is 0 Å². The van der Waals surface area contributed by atoms with Gasteiger partial charge in [0.2, 0.25) is 0 Å². The van der Waals surface area contributed by atoms with Crippen molar-refractivity contribution in [1.29, 1.82) is 0 Å². The first kappa shape index (κ1) is 8.88. The lowest BCUT2D eigenvalue weighted by Crippen LogP contribution is -2.38. The van der Waals surface area contributed by atoms with E-state index in [9.17, 15) is 0 Å². The van der Waals surface area contributed by atoms with Crippen LogP contribution in [0.25, 0.3) is 17.8 Å². The van der Waals surface area contributed by atoms with E-state index in [1.165, 1.54) is 21.7 Å². The number of nitrogens with zero attached hydrogens (tertiary/aromatic N) is 1. The number of rotatable bonds is 0. The predicted molar refractivity (Wildman–Crippen MR) is 67.1 cm³/mol. The quantitative estimate of drug-likeness (QED) is 0.670. The molecule has 0 aliphatic carbocycles. The Morgan fingerprint density at radius 2 is 2.06 bits per heavy atom. The molecule has 0 spiro atoms. The molecule has 0 bridgehead atoms. The summed E-state index contributed by atoms with van der Waals surface area (Å²) in [6.07, 6.45) is 8.13. The van der Waals surface area contributed by atoms with Crippen molar-refractivity contribution in [1.82, 2.24) is 4.90 Å². The van der Waals surface area contributed by atoms with Crippen LogP contribution in [0.1, 0.15) is 11.3 Å². The topological polar surface area (TPSA) is 16.4 Å². The zero-order chi connectivity index (χ0) is 11.2. The fourth-order valence-corrected chi connectivity index (χ4v) is 2.57. The maximum Gasteiger partial charge on any atom is 0.137 e. The highest BCUT2D eigenvalue weighted by atomic mass is 16.3. The molecule has 17 heavy (non-hydrogen) atoms. The van der Waals surface area contributed by atoms with Crippen molar-refractivity contribution in [2.24, 2.45) is 0 Å². The first-order valence-electron chi connectivity index (χ1n) is 5.76. The van der Waals surface area contributed by atoms with Crippen LogP contribution in [0.4, 0.5) is 0 Å². The molecule has 0 fully saturated rings. The second-order valence-electron chi connectivity index (χ2n) is 4.31. The largest absolute Gasteiger partial charge is 0.464 e. The first-order valence-corrected chi connectivity index (χ1v) is 5.76. The molecule has 4 rings (SSSR count). The van der Waals surface area contributed by atoms with E-state index >= 15 is 0 Å². The van der Waals surface area contributed by atoms with E-state index < -0.39 is 0 Å². The Morgan fingerprint density at radius 3 is 3.06 bits per heavy atom. The van der Waals surface area contributed by atoms with Crippen molar-refractivity contribution in [3.63, 3.8) is 0 Å². The Balaban J connectivity index is 2.19. The van der Waals surface area contributed by atoms with E-state index in [4.69, 9.17) is 4.42 Å². The lowest BCUT2D eigenvalue weighted by Gasteiger charge is -2.27. The van der Waals surface area contributed by atoms with Crippen LogP contribution in [0.2, 0.25) is 0 Å². The van der Waals surface area contributed by atoms with Crippen molar-refractivity contribution in [2.45, 2.75) is 0 Å². The zero-order valence-corrected chi connectivity index (χ0v) is 9.26. The van der Waals surface area contributed by atoms with Crippen LogP contribution >= 0.6 is 0 Å². The van der Waals surface area contributed by atoms with Crippen LogP contribution in [0.15, 0.2) is 47.2 Å². The molecule has 0 amide bonds. The van der Waals surface area contributed by atoms with Gasteiger partial charge in [-0.15, -0.1) is 0 Å². The molecule has 0 saturated carbocycles. The minimum absolute atomic E-state index is 0.924. The molecule has 1 aromatic heterocycles. The Bertz CT molecular complexity index is 736. The van der Waals surface area contributed by atoms with Gasteiger partial charge < -0.3 is 9.32 Å². The molecule has 2 aliphatic rings. The molecule has 0 N–H and O–H groups in total.